The van der Waals surface area contributed by atoms with Crippen LogP contribution < -0.4 is 5.32 Å². The fourth-order valence-corrected chi connectivity index (χ4v) is 2.94. The fourth-order valence-electron chi connectivity index (χ4n) is 2.94. The topological polar surface area (TPSA) is 126 Å². The van der Waals surface area contributed by atoms with Gasteiger partial charge in [0.15, 0.2) is 11.6 Å². The molecule has 3 aromatic rings. The van der Waals surface area contributed by atoms with Crippen LogP contribution in [0.15, 0.2) is 42.9 Å². The largest absolute Gasteiger partial charge is 0.478 e. The highest BCUT2D eigenvalue weighted by Crippen LogP contribution is 2.33. The Morgan fingerprint density at radius 1 is 1.31 bits per heavy atom. The lowest BCUT2D eigenvalue weighted by molar-refractivity contribution is 0.0697. The molecule has 0 aliphatic carbocycles. The van der Waals surface area contributed by atoms with Gasteiger partial charge in [-0.05, 0) is 24.3 Å². The van der Waals surface area contributed by atoms with Crippen molar-refractivity contribution in [2.24, 2.45) is 0 Å². The van der Waals surface area contributed by atoms with Gasteiger partial charge in [-0.3, -0.25) is 0 Å². The Labute approximate surface area is 148 Å². The third-order valence-corrected chi connectivity index (χ3v) is 4.28. The lowest BCUT2D eigenvalue weighted by Crippen LogP contribution is -2.37. The van der Waals surface area contributed by atoms with Crippen LogP contribution in [0.5, 0.6) is 0 Å². The van der Waals surface area contributed by atoms with Gasteiger partial charge in [-0.1, -0.05) is 6.07 Å². The number of aromatic carboxylic acids is 1. The van der Waals surface area contributed by atoms with E-state index in [0.717, 1.165) is 0 Å². The molecule has 0 saturated carbocycles. The van der Waals surface area contributed by atoms with Crippen molar-refractivity contribution in [3.05, 3.63) is 54.2 Å². The van der Waals surface area contributed by atoms with Crippen molar-refractivity contribution in [2.75, 3.05) is 18.5 Å². The van der Waals surface area contributed by atoms with Crippen LogP contribution in [0.3, 0.4) is 0 Å². The first-order chi connectivity index (χ1) is 12.7. The summed E-state index contributed by atoms with van der Waals surface area (Å²) in [6, 6.07) is 8.39. The van der Waals surface area contributed by atoms with Gasteiger partial charge in [0.05, 0.1) is 12.2 Å². The number of hydrogen-bond acceptors (Lipinski definition) is 7. The standard InChI is InChI=1S/C17H16N6O3/c24-15(25)11-2-1-3-12(8-11)21-17(5-7-26-9-17)16-20-14(22-23-16)13-4-6-18-10-19-13/h1-4,6,8,10,21H,5,7,9H2,(H,24,25)(H,20,22,23). The SMILES string of the molecule is O=C(O)c1cccc(NC2(c3nnc(-c4ccncn4)[nH]3)CCOC2)c1. The minimum Gasteiger partial charge on any atom is -0.478 e. The summed E-state index contributed by atoms with van der Waals surface area (Å²) in [7, 11) is 0. The summed E-state index contributed by atoms with van der Waals surface area (Å²) in [6.07, 6.45) is 3.75. The first-order valence-corrected chi connectivity index (χ1v) is 8.05. The van der Waals surface area contributed by atoms with Gasteiger partial charge in [-0.25, -0.2) is 14.8 Å². The van der Waals surface area contributed by atoms with Crippen molar-refractivity contribution in [2.45, 2.75) is 12.0 Å². The van der Waals surface area contributed by atoms with Gasteiger partial charge >= 0.3 is 5.97 Å². The first-order valence-electron chi connectivity index (χ1n) is 8.05. The number of carboxylic acids is 1. The average Bonchev–Trinajstić information content (AvgIpc) is 3.33. The number of carboxylic acid groups (broad SMARTS) is 1. The number of aromatic amines is 1. The molecule has 1 aliphatic heterocycles. The number of ether oxygens (including phenoxy) is 1. The van der Waals surface area contributed by atoms with Crippen LogP contribution in [-0.4, -0.2) is 49.4 Å². The second-order valence-corrected chi connectivity index (χ2v) is 6.01. The van der Waals surface area contributed by atoms with Crippen molar-refractivity contribution >= 4 is 11.7 Å². The molecule has 2 aromatic heterocycles. The molecular formula is C17H16N6O3. The number of nitrogens with one attached hydrogen (secondary N) is 2. The average molecular weight is 352 g/mol. The van der Waals surface area contributed by atoms with Crippen LogP contribution in [0.1, 0.15) is 22.6 Å². The third kappa shape index (κ3) is 3.00. The highest BCUT2D eigenvalue weighted by molar-refractivity contribution is 5.88. The van der Waals surface area contributed by atoms with E-state index in [4.69, 9.17) is 4.74 Å². The quantitative estimate of drug-likeness (QED) is 0.633. The predicted octanol–water partition coefficient (Wildman–Crippen LogP) is 1.69. The number of hydrogen-bond donors (Lipinski definition) is 3. The molecule has 0 spiro atoms. The highest BCUT2D eigenvalue weighted by atomic mass is 16.5. The van der Waals surface area contributed by atoms with Crippen molar-refractivity contribution in [1.29, 1.82) is 0 Å². The van der Waals surface area contributed by atoms with Gasteiger partial charge in [0, 0.05) is 24.9 Å². The lowest BCUT2D eigenvalue weighted by Gasteiger charge is -2.27. The Hall–Kier alpha value is -3.33. The molecular weight excluding hydrogens is 336 g/mol. The Balaban J connectivity index is 1.66. The van der Waals surface area contributed by atoms with Crippen LogP contribution in [0.4, 0.5) is 5.69 Å². The molecule has 0 bridgehead atoms. The molecule has 4 rings (SSSR count). The van der Waals surface area contributed by atoms with Crippen LogP contribution in [0.2, 0.25) is 0 Å². The number of H-pyrrole nitrogens is 1. The number of carbonyl (C=O) groups is 1. The number of rotatable bonds is 5. The second-order valence-electron chi connectivity index (χ2n) is 6.01. The summed E-state index contributed by atoms with van der Waals surface area (Å²) >= 11 is 0. The second kappa shape index (κ2) is 6.52. The maximum absolute atomic E-state index is 11.2. The zero-order chi connectivity index (χ0) is 18.0. The Kier molecular flexibility index (Phi) is 4.05. The van der Waals surface area contributed by atoms with E-state index in [1.54, 1.807) is 30.5 Å². The molecule has 132 valence electrons. The molecule has 9 nitrogen and oxygen atoms in total. The van der Waals surface area contributed by atoms with E-state index in [1.807, 2.05) is 6.07 Å². The fraction of sp³-hybridized carbons (Fsp3) is 0.235. The number of benzene rings is 1. The van der Waals surface area contributed by atoms with E-state index < -0.39 is 11.5 Å². The van der Waals surface area contributed by atoms with Gasteiger partial charge in [0.25, 0.3) is 0 Å². The van der Waals surface area contributed by atoms with E-state index >= 15 is 0 Å². The van der Waals surface area contributed by atoms with Gasteiger partial charge in [-0.2, -0.15) is 0 Å². The maximum atomic E-state index is 11.2. The van der Waals surface area contributed by atoms with E-state index in [1.165, 1.54) is 6.33 Å². The molecule has 3 heterocycles. The zero-order valence-electron chi connectivity index (χ0n) is 13.7. The maximum Gasteiger partial charge on any atom is 0.335 e. The molecule has 0 radical (unpaired) electrons. The predicted molar refractivity (Wildman–Crippen MR) is 91.5 cm³/mol. The van der Waals surface area contributed by atoms with Crippen molar-refractivity contribution < 1.29 is 14.6 Å². The van der Waals surface area contributed by atoms with Gasteiger partial charge < -0.3 is 20.1 Å². The minimum absolute atomic E-state index is 0.211. The van der Waals surface area contributed by atoms with Crippen molar-refractivity contribution in [1.82, 2.24) is 25.1 Å². The summed E-state index contributed by atoms with van der Waals surface area (Å²) < 4.78 is 5.59. The monoisotopic (exact) mass is 352 g/mol. The van der Waals surface area contributed by atoms with Gasteiger partial charge in [-0.15, -0.1) is 10.2 Å². The Morgan fingerprint density at radius 2 is 2.23 bits per heavy atom. The Bertz CT molecular complexity index is 921. The number of anilines is 1. The van der Waals surface area contributed by atoms with E-state index in [2.05, 4.69) is 30.5 Å². The van der Waals surface area contributed by atoms with Gasteiger partial charge in [0.2, 0.25) is 0 Å². The summed E-state index contributed by atoms with van der Waals surface area (Å²) in [5, 5.41) is 21.0. The normalized spacial score (nSPS) is 19.4. The molecule has 1 aromatic carbocycles. The smallest absolute Gasteiger partial charge is 0.335 e. The highest BCUT2D eigenvalue weighted by Gasteiger charge is 2.40. The third-order valence-electron chi connectivity index (χ3n) is 4.28. The molecule has 1 unspecified atom stereocenters. The van der Waals surface area contributed by atoms with Crippen LogP contribution in [-0.2, 0) is 10.3 Å². The molecule has 1 atom stereocenters. The van der Waals surface area contributed by atoms with Crippen molar-refractivity contribution in [3.63, 3.8) is 0 Å². The summed E-state index contributed by atoms with van der Waals surface area (Å²) in [5.41, 5.74) is 0.912. The molecule has 1 fully saturated rings. The zero-order valence-corrected chi connectivity index (χ0v) is 13.7. The summed E-state index contributed by atoms with van der Waals surface area (Å²) in [4.78, 5) is 22.5. The van der Waals surface area contributed by atoms with Gasteiger partial charge in [0.1, 0.15) is 17.6 Å². The van der Waals surface area contributed by atoms with Crippen molar-refractivity contribution in [3.8, 4) is 11.5 Å². The number of nitrogens with zero attached hydrogens (tertiary/aromatic N) is 4. The first kappa shape index (κ1) is 16.2. The van der Waals surface area contributed by atoms with Crippen LogP contribution in [0.25, 0.3) is 11.5 Å². The summed E-state index contributed by atoms with van der Waals surface area (Å²) in [6.45, 7) is 0.956. The molecule has 1 aliphatic rings. The van der Waals surface area contributed by atoms with E-state index in [-0.39, 0.29) is 5.56 Å². The molecule has 1 saturated heterocycles. The Morgan fingerprint density at radius 3 is 2.96 bits per heavy atom. The van der Waals surface area contributed by atoms with E-state index in [0.29, 0.717) is 42.7 Å². The molecule has 0 amide bonds. The van der Waals surface area contributed by atoms with E-state index in [9.17, 15) is 9.90 Å². The lowest BCUT2D eigenvalue weighted by atomic mass is 9.97. The summed E-state index contributed by atoms with van der Waals surface area (Å²) in [5.74, 6) is 0.176. The molecule has 26 heavy (non-hydrogen) atoms. The minimum atomic E-state index is -0.976. The van der Waals surface area contributed by atoms with Crippen LogP contribution >= 0.6 is 0 Å². The molecule has 9 heteroatoms. The molecule has 3 N–H and O–H groups in total. The van der Waals surface area contributed by atoms with Crippen LogP contribution in [0, 0.1) is 0 Å². The number of aromatic nitrogens is 5.